The summed E-state index contributed by atoms with van der Waals surface area (Å²) >= 11 is 0. The third-order valence-electron chi connectivity index (χ3n) is 2.65. The topological polar surface area (TPSA) is 85.8 Å². The molecule has 2 aromatic rings. The SMILES string of the molecule is Cc1ccc(F)c(NC(=O)Cn2cc(CN)nn2)c1F. The van der Waals surface area contributed by atoms with Gasteiger partial charge in [-0.05, 0) is 18.6 Å². The number of amides is 1. The highest BCUT2D eigenvalue weighted by Crippen LogP contribution is 2.21. The van der Waals surface area contributed by atoms with Crippen molar-refractivity contribution >= 4 is 11.6 Å². The van der Waals surface area contributed by atoms with Crippen LogP contribution in [0.25, 0.3) is 0 Å². The smallest absolute Gasteiger partial charge is 0.246 e. The first-order valence-corrected chi connectivity index (χ1v) is 5.84. The summed E-state index contributed by atoms with van der Waals surface area (Å²) in [6.07, 6.45) is 1.49. The summed E-state index contributed by atoms with van der Waals surface area (Å²) in [6, 6.07) is 2.39. The second-order valence-electron chi connectivity index (χ2n) is 4.21. The van der Waals surface area contributed by atoms with Crippen molar-refractivity contribution in [2.24, 2.45) is 5.73 Å². The Kier molecular flexibility index (Phi) is 4.04. The van der Waals surface area contributed by atoms with Crippen LogP contribution in [0.3, 0.4) is 0 Å². The lowest BCUT2D eigenvalue weighted by Gasteiger charge is -2.09. The van der Waals surface area contributed by atoms with Crippen molar-refractivity contribution in [2.45, 2.75) is 20.0 Å². The number of carbonyl (C=O) groups excluding carboxylic acids is 1. The van der Waals surface area contributed by atoms with Crippen LogP contribution in [0.4, 0.5) is 14.5 Å². The average molecular weight is 281 g/mol. The van der Waals surface area contributed by atoms with Crippen molar-refractivity contribution in [1.29, 1.82) is 0 Å². The first-order chi connectivity index (χ1) is 9.51. The van der Waals surface area contributed by atoms with E-state index in [0.29, 0.717) is 5.69 Å². The molecule has 0 bridgehead atoms. The minimum absolute atomic E-state index is 0.197. The third-order valence-corrected chi connectivity index (χ3v) is 2.65. The minimum Gasteiger partial charge on any atom is -0.325 e. The average Bonchev–Trinajstić information content (AvgIpc) is 2.87. The van der Waals surface area contributed by atoms with Crippen LogP contribution in [0.2, 0.25) is 0 Å². The van der Waals surface area contributed by atoms with E-state index in [0.717, 1.165) is 6.07 Å². The van der Waals surface area contributed by atoms with E-state index in [-0.39, 0.29) is 18.7 Å². The molecule has 20 heavy (non-hydrogen) atoms. The van der Waals surface area contributed by atoms with Gasteiger partial charge in [0.15, 0.2) is 5.82 Å². The summed E-state index contributed by atoms with van der Waals surface area (Å²) in [6.45, 7) is 1.47. The van der Waals surface area contributed by atoms with Gasteiger partial charge in [0.2, 0.25) is 5.91 Å². The van der Waals surface area contributed by atoms with E-state index in [2.05, 4.69) is 15.6 Å². The Morgan fingerprint density at radius 2 is 2.20 bits per heavy atom. The van der Waals surface area contributed by atoms with E-state index in [9.17, 15) is 13.6 Å². The van der Waals surface area contributed by atoms with Gasteiger partial charge in [0.1, 0.15) is 18.0 Å². The summed E-state index contributed by atoms with van der Waals surface area (Å²) in [5, 5.41) is 9.56. The fourth-order valence-corrected chi connectivity index (χ4v) is 1.61. The second kappa shape index (κ2) is 5.74. The van der Waals surface area contributed by atoms with E-state index in [1.54, 1.807) is 0 Å². The van der Waals surface area contributed by atoms with Crippen LogP contribution in [0.5, 0.6) is 0 Å². The Balaban J connectivity index is 2.10. The maximum atomic E-state index is 13.7. The molecule has 1 amide bonds. The minimum atomic E-state index is -0.831. The standard InChI is InChI=1S/C12H13F2N5O/c1-7-2-3-9(13)12(11(7)14)16-10(20)6-19-5-8(4-15)17-18-19/h2-3,5H,4,6,15H2,1H3,(H,16,20). The van der Waals surface area contributed by atoms with Gasteiger partial charge in [0, 0.05) is 6.54 Å². The number of carbonyl (C=O) groups is 1. The molecule has 0 atom stereocenters. The Morgan fingerprint density at radius 1 is 1.45 bits per heavy atom. The summed E-state index contributed by atoms with van der Waals surface area (Å²) < 4.78 is 28.4. The van der Waals surface area contributed by atoms with E-state index in [1.807, 2.05) is 0 Å². The van der Waals surface area contributed by atoms with Crippen molar-refractivity contribution < 1.29 is 13.6 Å². The Labute approximate surface area is 113 Å². The maximum absolute atomic E-state index is 13.7. The summed E-state index contributed by atoms with van der Waals surface area (Å²) in [5.74, 6) is -2.23. The van der Waals surface area contributed by atoms with Crippen LogP contribution in [-0.2, 0) is 17.9 Å². The second-order valence-corrected chi connectivity index (χ2v) is 4.21. The molecule has 0 aliphatic rings. The largest absolute Gasteiger partial charge is 0.325 e. The quantitative estimate of drug-likeness (QED) is 0.874. The lowest BCUT2D eigenvalue weighted by molar-refractivity contribution is -0.117. The molecule has 2 rings (SSSR count). The molecule has 0 fully saturated rings. The van der Waals surface area contributed by atoms with Crippen LogP contribution in [0.15, 0.2) is 18.3 Å². The number of aryl methyl sites for hydroxylation is 1. The van der Waals surface area contributed by atoms with E-state index < -0.39 is 23.2 Å². The number of nitrogens with one attached hydrogen (secondary N) is 1. The number of halogens is 2. The molecule has 0 radical (unpaired) electrons. The Hall–Kier alpha value is -2.35. The molecule has 3 N–H and O–H groups in total. The highest BCUT2D eigenvalue weighted by Gasteiger charge is 2.15. The molecular formula is C12H13F2N5O. The molecule has 0 aliphatic carbocycles. The molecule has 6 nitrogen and oxygen atoms in total. The summed E-state index contributed by atoms with van der Waals surface area (Å²) in [5.41, 5.74) is 5.66. The van der Waals surface area contributed by atoms with Gasteiger partial charge in [-0.15, -0.1) is 5.10 Å². The molecule has 0 aliphatic heterocycles. The number of hydrogen-bond acceptors (Lipinski definition) is 4. The molecule has 0 saturated carbocycles. The number of aromatic nitrogens is 3. The van der Waals surface area contributed by atoms with Gasteiger partial charge in [-0.1, -0.05) is 11.3 Å². The third kappa shape index (κ3) is 2.97. The van der Waals surface area contributed by atoms with Crippen LogP contribution in [0, 0.1) is 18.6 Å². The molecule has 8 heteroatoms. The van der Waals surface area contributed by atoms with Gasteiger partial charge < -0.3 is 11.1 Å². The number of nitrogens with zero attached hydrogens (tertiary/aromatic N) is 3. The predicted molar refractivity (Wildman–Crippen MR) is 67.6 cm³/mol. The molecule has 0 unspecified atom stereocenters. The summed E-state index contributed by atoms with van der Waals surface area (Å²) in [7, 11) is 0. The zero-order valence-electron chi connectivity index (χ0n) is 10.7. The van der Waals surface area contributed by atoms with Crippen molar-refractivity contribution in [3.8, 4) is 0 Å². The monoisotopic (exact) mass is 281 g/mol. The normalized spacial score (nSPS) is 10.6. The van der Waals surface area contributed by atoms with E-state index in [1.165, 1.54) is 23.9 Å². The van der Waals surface area contributed by atoms with Gasteiger partial charge in [-0.25, -0.2) is 13.5 Å². The fourth-order valence-electron chi connectivity index (χ4n) is 1.61. The number of rotatable bonds is 4. The molecular weight excluding hydrogens is 268 g/mol. The van der Waals surface area contributed by atoms with Gasteiger partial charge in [-0.3, -0.25) is 4.79 Å². The van der Waals surface area contributed by atoms with Gasteiger partial charge in [0.25, 0.3) is 0 Å². The van der Waals surface area contributed by atoms with Gasteiger partial charge in [-0.2, -0.15) is 0 Å². The molecule has 1 aromatic carbocycles. The van der Waals surface area contributed by atoms with E-state index >= 15 is 0 Å². The number of hydrogen-bond donors (Lipinski definition) is 2. The fraction of sp³-hybridized carbons (Fsp3) is 0.250. The number of nitrogens with two attached hydrogens (primary N) is 1. The van der Waals surface area contributed by atoms with E-state index in [4.69, 9.17) is 5.73 Å². The molecule has 1 heterocycles. The molecule has 0 spiro atoms. The highest BCUT2D eigenvalue weighted by molar-refractivity contribution is 5.90. The maximum Gasteiger partial charge on any atom is 0.246 e. The van der Waals surface area contributed by atoms with Crippen molar-refractivity contribution in [2.75, 3.05) is 5.32 Å². The molecule has 1 aromatic heterocycles. The lowest BCUT2D eigenvalue weighted by atomic mass is 10.2. The van der Waals surface area contributed by atoms with Gasteiger partial charge >= 0.3 is 0 Å². The zero-order chi connectivity index (χ0) is 14.7. The van der Waals surface area contributed by atoms with Crippen LogP contribution < -0.4 is 11.1 Å². The van der Waals surface area contributed by atoms with Crippen molar-refractivity contribution in [3.63, 3.8) is 0 Å². The molecule has 0 saturated heterocycles. The molecule has 106 valence electrons. The first kappa shape index (κ1) is 14.1. The van der Waals surface area contributed by atoms with Crippen LogP contribution in [-0.4, -0.2) is 20.9 Å². The predicted octanol–water partition coefficient (Wildman–Crippen LogP) is 0.962. The van der Waals surface area contributed by atoms with Crippen molar-refractivity contribution in [1.82, 2.24) is 15.0 Å². The first-order valence-electron chi connectivity index (χ1n) is 5.84. The van der Waals surface area contributed by atoms with Crippen molar-refractivity contribution in [3.05, 3.63) is 41.2 Å². The highest BCUT2D eigenvalue weighted by atomic mass is 19.1. The number of anilines is 1. The zero-order valence-corrected chi connectivity index (χ0v) is 10.7. The lowest BCUT2D eigenvalue weighted by Crippen LogP contribution is -2.20. The Bertz CT molecular complexity index is 641. The Morgan fingerprint density at radius 3 is 2.85 bits per heavy atom. The van der Waals surface area contributed by atoms with Crippen LogP contribution >= 0.6 is 0 Å². The summed E-state index contributed by atoms with van der Waals surface area (Å²) in [4.78, 5) is 11.7. The van der Waals surface area contributed by atoms with Crippen LogP contribution in [0.1, 0.15) is 11.3 Å². The van der Waals surface area contributed by atoms with Gasteiger partial charge in [0.05, 0.1) is 11.9 Å². The number of benzene rings is 1.